The minimum absolute atomic E-state index is 0.313. The number of nitrogens with one attached hydrogen (secondary N) is 1. The van der Waals surface area contributed by atoms with Gasteiger partial charge in [0.1, 0.15) is 17.5 Å². The monoisotopic (exact) mass is 269 g/mol. The highest BCUT2D eigenvalue weighted by Crippen LogP contribution is 2.10. The van der Waals surface area contributed by atoms with E-state index in [0.29, 0.717) is 29.5 Å². The van der Waals surface area contributed by atoms with Crippen LogP contribution in [0, 0.1) is 11.6 Å². The van der Waals surface area contributed by atoms with E-state index in [1.54, 1.807) is 12.1 Å². The van der Waals surface area contributed by atoms with E-state index in [1.165, 1.54) is 12.1 Å². The molecule has 94 valence electrons. The summed E-state index contributed by atoms with van der Waals surface area (Å²) in [5, 5.41) is 10.8. The number of anilines is 1. The average Bonchev–Trinajstić information content (AvgIpc) is 2.30. The lowest BCUT2D eigenvalue weighted by Crippen LogP contribution is -2.07. The Morgan fingerprint density at radius 1 is 1.06 bits per heavy atom. The van der Waals surface area contributed by atoms with Crippen LogP contribution in [0.3, 0.4) is 0 Å². The Morgan fingerprint density at radius 2 is 1.78 bits per heavy atom. The van der Waals surface area contributed by atoms with Crippen LogP contribution in [-0.4, -0.2) is 16.7 Å². The summed E-state index contributed by atoms with van der Waals surface area (Å²) in [4.78, 5) is 0. The van der Waals surface area contributed by atoms with Gasteiger partial charge in [0.05, 0.1) is 0 Å². The van der Waals surface area contributed by atoms with Gasteiger partial charge in [-0.05, 0) is 36.2 Å². The topological polar surface area (TPSA) is 37.8 Å². The van der Waals surface area contributed by atoms with Crippen LogP contribution in [0.5, 0.6) is 0 Å². The van der Waals surface area contributed by atoms with E-state index in [9.17, 15) is 8.78 Å². The number of halogens is 3. The Kier molecular flexibility index (Phi) is 4.04. The summed E-state index contributed by atoms with van der Waals surface area (Å²) in [5.74, 6) is -0.580. The molecule has 3 nitrogen and oxygen atoms in total. The second-order valence-corrected chi connectivity index (χ2v) is 4.08. The molecule has 0 saturated carbocycles. The minimum atomic E-state index is -0.573. The first kappa shape index (κ1) is 12.7. The highest BCUT2D eigenvalue weighted by Gasteiger charge is 2.01. The van der Waals surface area contributed by atoms with Gasteiger partial charge in [-0.2, -0.15) is 0 Å². The first-order chi connectivity index (χ1) is 8.63. The maximum atomic E-state index is 12.9. The third kappa shape index (κ3) is 3.63. The maximum Gasteiger partial charge on any atom is 0.151 e. The molecule has 0 radical (unpaired) electrons. The maximum absolute atomic E-state index is 12.9. The summed E-state index contributed by atoms with van der Waals surface area (Å²) in [7, 11) is 0. The highest BCUT2D eigenvalue weighted by atomic mass is 35.5. The van der Waals surface area contributed by atoms with Crippen LogP contribution in [0.25, 0.3) is 0 Å². The zero-order valence-corrected chi connectivity index (χ0v) is 10.1. The smallest absolute Gasteiger partial charge is 0.151 e. The SMILES string of the molecule is Fc1cc(F)cc(CCNc2ccc(Cl)nn2)c1. The van der Waals surface area contributed by atoms with E-state index in [4.69, 9.17) is 11.6 Å². The molecular formula is C12H10ClF2N3. The summed E-state index contributed by atoms with van der Waals surface area (Å²) in [6, 6.07) is 6.75. The fraction of sp³-hybridized carbons (Fsp3) is 0.167. The van der Waals surface area contributed by atoms with Crippen LogP contribution in [0.2, 0.25) is 5.15 Å². The molecule has 0 amide bonds. The van der Waals surface area contributed by atoms with Gasteiger partial charge in [0.25, 0.3) is 0 Å². The Labute approximate surface area is 108 Å². The van der Waals surface area contributed by atoms with E-state index in [-0.39, 0.29) is 0 Å². The second kappa shape index (κ2) is 5.73. The van der Waals surface area contributed by atoms with E-state index >= 15 is 0 Å². The summed E-state index contributed by atoms with van der Waals surface area (Å²) < 4.78 is 25.9. The van der Waals surface area contributed by atoms with Crippen molar-refractivity contribution in [3.63, 3.8) is 0 Å². The summed E-state index contributed by atoms with van der Waals surface area (Å²) in [6.07, 6.45) is 0.485. The van der Waals surface area contributed by atoms with Gasteiger partial charge in [-0.3, -0.25) is 0 Å². The minimum Gasteiger partial charge on any atom is -0.368 e. The Balaban J connectivity index is 1.90. The first-order valence-electron chi connectivity index (χ1n) is 5.31. The number of hydrogen-bond acceptors (Lipinski definition) is 3. The number of nitrogens with zero attached hydrogens (tertiary/aromatic N) is 2. The van der Waals surface area contributed by atoms with E-state index in [2.05, 4.69) is 15.5 Å². The molecule has 0 aliphatic heterocycles. The van der Waals surface area contributed by atoms with Crippen molar-refractivity contribution < 1.29 is 8.78 Å². The Morgan fingerprint density at radius 3 is 2.39 bits per heavy atom. The van der Waals surface area contributed by atoms with E-state index < -0.39 is 11.6 Å². The van der Waals surface area contributed by atoms with Gasteiger partial charge < -0.3 is 5.32 Å². The summed E-state index contributed by atoms with van der Waals surface area (Å²) in [6.45, 7) is 0.499. The largest absolute Gasteiger partial charge is 0.368 e. The number of rotatable bonds is 4. The molecule has 0 unspecified atom stereocenters. The molecule has 0 aliphatic carbocycles. The van der Waals surface area contributed by atoms with Gasteiger partial charge in [0, 0.05) is 12.6 Å². The molecule has 0 saturated heterocycles. The Bertz CT molecular complexity index is 511. The molecule has 6 heteroatoms. The van der Waals surface area contributed by atoms with Gasteiger partial charge in [-0.1, -0.05) is 11.6 Å². The first-order valence-corrected chi connectivity index (χ1v) is 5.69. The second-order valence-electron chi connectivity index (χ2n) is 3.70. The van der Waals surface area contributed by atoms with Gasteiger partial charge >= 0.3 is 0 Å². The number of aromatic nitrogens is 2. The molecule has 2 rings (SSSR count). The van der Waals surface area contributed by atoms with Crippen molar-refractivity contribution in [2.75, 3.05) is 11.9 Å². The molecule has 1 aromatic carbocycles. The fourth-order valence-corrected chi connectivity index (χ4v) is 1.60. The zero-order chi connectivity index (χ0) is 13.0. The highest BCUT2D eigenvalue weighted by molar-refractivity contribution is 6.29. The lowest BCUT2D eigenvalue weighted by atomic mass is 10.1. The van der Waals surface area contributed by atoms with E-state index in [0.717, 1.165) is 6.07 Å². The molecule has 18 heavy (non-hydrogen) atoms. The molecule has 1 N–H and O–H groups in total. The molecule has 0 fully saturated rings. The molecule has 1 heterocycles. The van der Waals surface area contributed by atoms with Crippen LogP contribution in [0.4, 0.5) is 14.6 Å². The predicted octanol–water partition coefficient (Wildman–Crippen LogP) is 3.06. The molecule has 0 atom stereocenters. The van der Waals surface area contributed by atoms with Crippen molar-refractivity contribution in [2.24, 2.45) is 0 Å². The molecule has 1 aromatic heterocycles. The van der Waals surface area contributed by atoms with E-state index in [1.807, 2.05) is 0 Å². The molecule has 2 aromatic rings. The standard InChI is InChI=1S/C12H10ClF2N3/c13-11-1-2-12(18-17-11)16-4-3-8-5-9(14)7-10(15)6-8/h1-2,5-7H,3-4H2,(H,16,18). The van der Waals surface area contributed by atoms with Crippen molar-refractivity contribution in [3.05, 3.63) is 52.7 Å². The van der Waals surface area contributed by atoms with Crippen molar-refractivity contribution in [1.82, 2.24) is 10.2 Å². The van der Waals surface area contributed by atoms with Crippen molar-refractivity contribution >= 4 is 17.4 Å². The lowest BCUT2D eigenvalue weighted by Gasteiger charge is -2.05. The van der Waals surface area contributed by atoms with Gasteiger partial charge in [-0.15, -0.1) is 10.2 Å². The normalized spacial score (nSPS) is 10.4. The van der Waals surface area contributed by atoms with Crippen LogP contribution < -0.4 is 5.32 Å². The molecule has 0 bridgehead atoms. The van der Waals surface area contributed by atoms with Gasteiger partial charge in [0.2, 0.25) is 0 Å². The van der Waals surface area contributed by atoms with Gasteiger partial charge in [-0.25, -0.2) is 8.78 Å². The predicted molar refractivity (Wildman–Crippen MR) is 65.6 cm³/mol. The number of hydrogen-bond donors (Lipinski definition) is 1. The third-order valence-electron chi connectivity index (χ3n) is 2.27. The third-order valence-corrected chi connectivity index (χ3v) is 2.48. The Hall–Kier alpha value is -1.75. The number of benzene rings is 1. The zero-order valence-electron chi connectivity index (χ0n) is 9.33. The summed E-state index contributed by atoms with van der Waals surface area (Å²) >= 11 is 5.59. The average molecular weight is 270 g/mol. The molecule has 0 aliphatic rings. The fourth-order valence-electron chi connectivity index (χ4n) is 1.50. The van der Waals surface area contributed by atoms with Crippen molar-refractivity contribution in [3.8, 4) is 0 Å². The van der Waals surface area contributed by atoms with Crippen LogP contribution in [0.15, 0.2) is 30.3 Å². The van der Waals surface area contributed by atoms with Crippen molar-refractivity contribution in [2.45, 2.75) is 6.42 Å². The molecular weight excluding hydrogens is 260 g/mol. The van der Waals surface area contributed by atoms with Gasteiger partial charge in [0.15, 0.2) is 5.15 Å². The van der Waals surface area contributed by atoms with Crippen LogP contribution in [-0.2, 0) is 6.42 Å². The lowest BCUT2D eigenvalue weighted by molar-refractivity contribution is 0.580. The van der Waals surface area contributed by atoms with Crippen LogP contribution in [0.1, 0.15) is 5.56 Å². The van der Waals surface area contributed by atoms with Crippen LogP contribution >= 0.6 is 11.6 Å². The van der Waals surface area contributed by atoms with Crippen molar-refractivity contribution in [1.29, 1.82) is 0 Å². The quantitative estimate of drug-likeness (QED) is 0.927. The summed E-state index contributed by atoms with van der Waals surface area (Å²) in [5.41, 5.74) is 0.585. The molecule has 0 spiro atoms.